The van der Waals surface area contributed by atoms with Gasteiger partial charge in [0.05, 0.1) is 25.0 Å². The second kappa shape index (κ2) is 9.59. The van der Waals surface area contributed by atoms with Crippen molar-refractivity contribution < 1.29 is 22.7 Å². The lowest BCUT2D eigenvalue weighted by molar-refractivity contribution is 0.0940. The third-order valence-electron chi connectivity index (χ3n) is 4.06. The molecule has 6 nitrogen and oxygen atoms in total. The highest BCUT2D eigenvalue weighted by atomic mass is 32.2. The van der Waals surface area contributed by atoms with Gasteiger partial charge in [-0.1, -0.05) is 18.2 Å². The van der Waals surface area contributed by atoms with Crippen molar-refractivity contribution in [3.63, 3.8) is 0 Å². The SMILES string of the molecule is CCOc1ccc(C(C)NC(=O)c2ccc(CS(C)(=O)=O)cc2)cc1OCC. The number of rotatable bonds is 9. The number of carbonyl (C=O) groups excluding carboxylic acids is 1. The maximum Gasteiger partial charge on any atom is 0.251 e. The Bertz CT molecular complexity index is 907. The normalized spacial score (nSPS) is 12.3. The molecule has 2 aromatic carbocycles. The second-order valence-electron chi connectivity index (χ2n) is 6.53. The van der Waals surface area contributed by atoms with E-state index in [1.165, 1.54) is 6.26 Å². The van der Waals surface area contributed by atoms with E-state index >= 15 is 0 Å². The van der Waals surface area contributed by atoms with Crippen molar-refractivity contribution in [3.05, 3.63) is 59.2 Å². The topological polar surface area (TPSA) is 81.7 Å². The molecule has 28 heavy (non-hydrogen) atoms. The van der Waals surface area contributed by atoms with Crippen molar-refractivity contribution in [1.29, 1.82) is 0 Å². The summed E-state index contributed by atoms with van der Waals surface area (Å²) < 4.78 is 33.9. The number of hydrogen-bond donors (Lipinski definition) is 1. The Morgan fingerprint density at radius 1 is 1.00 bits per heavy atom. The molecule has 0 heterocycles. The van der Waals surface area contributed by atoms with Gasteiger partial charge in [-0.3, -0.25) is 4.79 Å². The number of nitrogens with one attached hydrogen (secondary N) is 1. The Kier molecular flexibility index (Phi) is 7.45. The fourth-order valence-electron chi connectivity index (χ4n) is 2.76. The third kappa shape index (κ3) is 6.27. The first-order valence-electron chi connectivity index (χ1n) is 9.20. The summed E-state index contributed by atoms with van der Waals surface area (Å²) in [5, 5.41) is 2.95. The van der Waals surface area contributed by atoms with Crippen LogP contribution in [0.3, 0.4) is 0 Å². The van der Waals surface area contributed by atoms with Gasteiger partial charge in [0.25, 0.3) is 5.91 Å². The van der Waals surface area contributed by atoms with Crippen LogP contribution >= 0.6 is 0 Å². The summed E-state index contributed by atoms with van der Waals surface area (Å²) in [7, 11) is -3.10. The summed E-state index contributed by atoms with van der Waals surface area (Å²) in [6.45, 7) is 6.77. The molecular weight excluding hydrogens is 378 g/mol. The van der Waals surface area contributed by atoms with E-state index in [2.05, 4.69) is 5.32 Å². The van der Waals surface area contributed by atoms with Crippen molar-refractivity contribution in [1.82, 2.24) is 5.32 Å². The van der Waals surface area contributed by atoms with Crippen molar-refractivity contribution in [2.45, 2.75) is 32.6 Å². The van der Waals surface area contributed by atoms with Crippen LogP contribution in [0.2, 0.25) is 0 Å². The molecule has 1 atom stereocenters. The maximum absolute atomic E-state index is 12.5. The number of hydrogen-bond acceptors (Lipinski definition) is 5. The first-order chi connectivity index (χ1) is 13.2. The van der Waals surface area contributed by atoms with E-state index in [-0.39, 0.29) is 17.7 Å². The van der Waals surface area contributed by atoms with Crippen LogP contribution in [0.1, 0.15) is 48.3 Å². The van der Waals surface area contributed by atoms with Gasteiger partial charge >= 0.3 is 0 Å². The average molecular weight is 406 g/mol. The van der Waals surface area contributed by atoms with E-state index in [4.69, 9.17) is 9.47 Å². The summed E-state index contributed by atoms with van der Waals surface area (Å²) in [4.78, 5) is 12.5. The van der Waals surface area contributed by atoms with Gasteiger partial charge in [-0.25, -0.2) is 8.42 Å². The molecule has 2 rings (SSSR count). The van der Waals surface area contributed by atoms with E-state index in [9.17, 15) is 13.2 Å². The fraction of sp³-hybridized carbons (Fsp3) is 0.381. The van der Waals surface area contributed by atoms with Crippen LogP contribution in [0.4, 0.5) is 0 Å². The van der Waals surface area contributed by atoms with Gasteiger partial charge in [0, 0.05) is 11.8 Å². The lowest BCUT2D eigenvalue weighted by atomic mass is 10.1. The smallest absolute Gasteiger partial charge is 0.251 e. The van der Waals surface area contributed by atoms with E-state index < -0.39 is 9.84 Å². The molecular formula is C21H27NO5S. The molecule has 0 radical (unpaired) electrons. The molecule has 1 unspecified atom stereocenters. The Labute approximate surface area is 166 Å². The minimum absolute atomic E-state index is 0.0440. The number of benzene rings is 2. The molecule has 1 N–H and O–H groups in total. The van der Waals surface area contributed by atoms with Crippen LogP contribution in [0.15, 0.2) is 42.5 Å². The first kappa shape index (κ1) is 21.8. The molecule has 2 aromatic rings. The fourth-order valence-corrected chi connectivity index (χ4v) is 3.55. The van der Waals surface area contributed by atoms with Crippen molar-refractivity contribution >= 4 is 15.7 Å². The monoisotopic (exact) mass is 405 g/mol. The zero-order valence-electron chi connectivity index (χ0n) is 16.7. The minimum Gasteiger partial charge on any atom is -0.490 e. The predicted octanol–water partition coefficient (Wildman–Crippen LogP) is 3.52. The molecule has 0 saturated carbocycles. The van der Waals surface area contributed by atoms with Gasteiger partial charge in [0.2, 0.25) is 0 Å². The number of carbonyl (C=O) groups is 1. The number of ether oxygens (including phenoxy) is 2. The minimum atomic E-state index is -3.10. The van der Waals surface area contributed by atoms with Crippen LogP contribution in [0, 0.1) is 0 Å². The standard InChI is InChI=1S/C21H27NO5S/c1-5-26-19-12-11-18(13-20(19)27-6-2)15(3)22-21(23)17-9-7-16(8-10-17)14-28(4,24)25/h7-13,15H,5-6,14H2,1-4H3,(H,22,23). The van der Waals surface area contributed by atoms with Gasteiger partial charge in [-0.15, -0.1) is 0 Å². The number of amides is 1. The van der Waals surface area contributed by atoms with Crippen LogP contribution in [-0.2, 0) is 15.6 Å². The predicted molar refractivity (Wildman–Crippen MR) is 110 cm³/mol. The highest BCUT2D eigenvalue weighted by molar-refractivity contribution is 7.89. The molecule has 0 aliphatic heterocycles. The Hall–Kier alpha value is -2.54. The highest BCUT2D eigenvalue weighted by Gasteiger charge is 2.15. The van der Waals surface area contributed by atoms with Crippen LogP contribution < -0.4 is 14.8 Å². The zero-order valence-corrected chi connectivity index (χ0v) is 17.5. The Morgan fingerprint density at radius 3 is 2.18 bits per heavy atom. The molecule has 0 bridgehead atoms. The quantitative estimate of drug-likeness (QED) is 0.690. The molecule has 152 valence electrons. The molecule has 0 aliphatic carbocycles. The lowest BCUT2D eigenvalue weighted by Crippen LogP contribution is -2.26. The molecule has 0 aromatic heterocycles. The summed E-state index contributed by atoms with van der Waals surface area (Å²) >= 11 is 0. The Balaban J connectivity index is 2.10. The van der Waals surface area contributed by atoms with Gasteiger partial charge in [-0.2, -0.15) is 0 Å². The third-order valence-corrected chi connectivity index (χ3v) is 4.92. The van der Waals surface area contributed by atoms with E-state index in [1.54, 1.807) is 24.3 Å². The summed E-state index contributed by atoms with van der Waals surface area (Å²) in [6, 6.07) is 11.9. The lowest BCUT2D eigenvalue weighted by Gasteiger charge is -2.17. The zero-order chi connectivity index (χ0) is 20.7. The summed E-state index contributed by atoms with van der Waals surface area (Å²) in [5.74, 6) is 1.05. The van der Waals surface area contributed by atoms with Crippen LogP contribution in [-0.4, -0.2) is 33.8 Å². The van der Waals surface area contributed by atoms with Gasteiger partial charge in [0.15, 0.2) is 21.3 Å². The van der Waals surface area contributed by atoms with E-state index in [1.807, 2.05) is 39.0 Å². The van der Waals surface area contributed by atoms with Gasteiger partial charge < -0.3 is 14.8 Å². The Morgan fingerprint density at radius 2 is 1.61 bits per heavy atom. The molecule has 0 spiro atoms. The number of sulfone groups is 1. The molecule has 1 amide bonds. The first-order valence-corrected chi connectivity index (χ1v) is 11.3. The van der Waals surface area contributed by atoms with Crippen LogP contribution in [0.5, 0.6) is 11.5 Å². The summed E-state index contributed by atoms with van der Waals surface area (Å²) in [5.41, 5.74) is 2.02. The summed E-state index contributed by atoms with van der Waals surface area (Å²) in [6.07, 6.45) is 1.18. The molecule has 0 aliphatic rings. The van der Waals surface area contributed by atoms with Gasteiger partial charge in [-0.05, 0) is 56.2 Å². The molecule has 0 fully saturated rings. The van der Waals surface area contributed by atoms with E-state index in [0.29, 0.717) is 35.8 Å². The largest absolute Gasteiger partial charge is 0.490 e. The van der Waals surface area contributed by atoms with Crippen molar-refractivity contribution in [2.75, 3.05) is 19.5 Å². The van der Waals surface area contributed by atoms with E-state index in [0.717, 1.165) is 5.56 Å². The van der Waals surface area contributed by atoms with Crippen molar-refractivity contribution in [2.24, 2.45) is 0 Å². The van der Waals surface area contributed by atoms with Crippen molar-refractivity contribution in [3.8, 4) is 11.5 Å². The second-order valence-corrected chi connectivity index (χ2v) is 8.67. The highest BCUT2D eigenvalue weighted by Crippen LogP contribution is 2.30. The molecule has 0 saturated heterocycles. The maximum atomic E-state index is 12.5. The average Bonchev–Trinajstić information content (AvgIpc) is 2.62. The molecule has 7 heteroatoms. The van der Waals surface area contributed by atoms with Gasteiger partial charge in [0.1, 0.15) is 0 Å². The van der Waals surface area contributed by atoms with Crippen LogP contribution in [0.25, 0.3) is 0 Å².